The van der Waals surface area contributed by atoms with Gasteiger partial charge in [0.2, 0.25) is 0 Å². The minimum atomic E-state index is -0.720. The minimum absolute atomic E-state index is 0.0293. The Balaban J connectivity index is 2.65. The number of ether oxygens (including phenoxy) is 2. The molecule has 0 saturated heterocycles. The third-order valence-electron chi connectivity index (χ3n) is 3.34. The van der Waals surface area contributed by atoms with E-state index in [1.54, 1.807) is 20.8 Å². The summed E-state index contributed by atoms with van der Waals surface area (Å²) in [7, 11) is 1.30. The summed E-state index contributed by atoms with van der Waals surface area (Å²) in [6, 6.07) is -0.720. The van der Waals surface area contributed by atoms with Crippen LogP contribution in [-0.2, 0) is 14.3 Å². The smallest absolute Gasteiger partial charge is 0.408 e. The van der Waals surface area contributed by atoms with Crippen LogP contribution < -0.4 is 5.32 Å². The van der Waals surface area contributed by atoms with E-state index in [0.29, 0.717) is 25.7 Å². The molecule has 0 aromatic heterocycles. The maximum atomic E-state index is 11.8. The second kappa shape index (κ2) is 6.92. The molecule has 0 bridgehead atoms. The van der Waals surface area contributed by atoms with Crippen molar-refractivity contribution in [3.8, 4) is 0 Å². The average molecular weight is 287 g/mol. The zero-order valence-electron chi connectivity index (χ0n) is 12.6. The van der Waals surface area contributed by atoms with E-state index in [1.165, 1.54) is 7.11 Å². The molecule has 116 valence electrons. The lowest BCUT2D eigenvalue weighted by molar-refractivity contribution is -0.145. The van der Waals surface area contributed by atoms with Crippen molar-refractivity contribution < 1.29 is 24.2 Å². The third-order valence-corrected chi connectivity index (χ3v) is 3.34. The first-order chi connectivity index (χ1) is 9.23. The third kappa shape index (κ3) is 5.36. The second-order valence-electron chi connectivity index (χ2n) is 6.22. The van der Waals surface area contributed by atoms with E-state index < -0.39 is 23.7 Å². The number of hydrogen-bond acceptors (Lipinski definition) is 5. The van der Waals surface area contributed by atoms with Gasteiger partial charge in [0.05, 0.1) is 13.2 Å². The summed E-state index contributed by atoms with van der Waals surface area (Å²) < 4.78 is 9.92. The van der Waals surface area contributed by atoms with Crippen LogP contribution in [0.1, 0.15) is 46.5 Å². The van der Waals surface area contributed by atoms with Gasteiger partial charge in [-0.2, -0.15) is 0 Å². The lowest BCUT2D eigenvalue weighted by Gasteiger charge is -2.31. The number of rotatable bonds is 3. The van der Waals surface area contributed by atoms with Crippen LogP contribution in [0.25, 0.3) is 0 Å². The zero-order valence-corrected chi connectivity index (χ0v) is 12.6. The number of carbonyl (C=O) groups excluding carboxylic acids is 2. The second-order valence-corrected chi connectivity index (χ2v) is 6.22. The summed E-state index contributed by atoms with van der Waals surface area (Å²) in [5, 5.41) is 12.1. The largest absolute Gasteiger partial charge is 0.467 e. The van der Waals surface area contributed by atoms with Crippen molar-refractivity contribution in [2.24, 2.45) is 5.92 Å². The van der Waals surface area contributed by atoms with Gasteiger partial charge in [-0.05, 0) is 52.4 Å². The molecule has 1 saturated carbocycles. The summed E-state index contributed by atoms with van der Waals surface area (Å²) in [5.74, 6) is -0.504. The Morgan fingerprint density at radius 1 is 1.20 bits per heavy atom. The number of amides is 1. The van der Waals surface area contributed by atoms with Gasteiger partial charge < -0.3 is 19.9 Å². The molecule has 0 heterocycles. The molecule has 0 spiro atoms. The lowest BCUT2D eigenvalue weighted by Crippen LogP contribution is -2.49. The highest BCUT2D eigenvalue weighted by Gasteiger charge is 2.34. The van der Waals surface area contributed by atoms with Crippen molar-refractivity contribution in [3.63, 3.8) is 0 Å². The van der Waals surface area contributed by atoms with Crippen LogP contribution in [0.5, 0.6) is 0 Å². The average Bonchev–Trinajstić information content (AvgIpc) is 2.34. The summed E-state index contributed by atoms with van der Waals surface area (Å²) in [6.07, 6.45) is 1.68. The minimum Gasteiger partial charge on any atom is -0.467 e. The van der Waals surface area contributed by atoms with Crippen molar-refractivity contribution in [3.05, 3.63) is 0 Å². The van der Waals surface area contributed by atoms with Crippen molar-refractivity contribution in [2.75, 3.05) is 7.11 Å². The van der Waals surface area contributed by atoms with Gasteiger partial charge in [-0.15, -0.1) is 0 Å². The van der Waals surface area contributed by atoms with Crippen LogP contribution in [0.2, 0.25) is 0 Å². The number of nitrogens with one attached hydrogen (secondary N) is 1. The molecule has 0 aromatic rings. The molecule has 0 aliphatic heterocycles. The van der Waals surface area contributed by atoms with Gasteiger partial charge in [0.15, 0.2) is 0 Å². The molecule has 2 N–H and O–H groups in total. The number of aliphatic hydroxyl groups excluding tert-OH is 1. The molecule has 1 atom stereocenters. The Kier molecular flexibility index (Phi) is 5.80. The normalized spacial score (nSPS) is 24.6. The highest BCUT2D eigenvalue weighted by Crippen LogP contribution is 2.27. The topological polar surface area (TPSA) is 84.9 Å². The first-order valence-electron chi connectivity index (χ1n) is 6.98. The van der Waals surface area contributed by atoms with Crippen LogP contribution in [0.4, 0.5) is 4.79 Å². The Morgan fingerprint density at radius 2 is 1.75 bits per heavy atom. The molecule has 1 aliphatic rings. The Morgan fingerprint density at radius 3 is 2.20 bits per heavy atom. The summed E-state index contributed by atoms with van der Waals surface area (Å²) in [5.41, 5.74) is -0.618. The number of alkyl carbamates (subject to hydrolysis) is 1. The SMILES string of the molecule is COC(=O)[C@H](NC(=O)OC(C)(C)C)[C@H]1CC[C@H](O)CC1. The number of aliphatic hydroxyl groups is 1. The number of esters is 1. The highest BCUT2D eigenvalue weighted by atomic mass is 16.6. The molecule has 0 unspecified atom stereocenters. The quantitative estimate of drug-likeness (QED) is 0.770. The fourth-order valence-electron chi connectivity index (χ4n) is 2.37. The summed E-state index contributed by atoms with van der Waals surface area (Å²) in [6.45, 7) is 5.28. The molecule has 1 aliphatic carbocycles. The van der Waals surface area contributed by atoms with E-state index in [-0.39, 0.29) is 12.0 Å². The van der Waals surface area contributed by atoms with Crippen LogP contribution in [-0.4, -0.2) is 42.0 Å². The Bertz CT molecular complexity index is 342. The standard InChI is InChI=1S/C14H25NO5/c1-14(2,3)20-13(18)15-11(12(17)19-4)9-5-7-10(16)8-6-9/h9-11,16H,5-8H2,1-4H3,(H,15,18)/t9-,10-,11-/m1/s1. The van der Waals surface area contributed by atoms with E-state index in [9.17, 15) is 14.7 Å². The van der Waals surface area contributed by atoms with Gasteiger partial charge in [-0.3, -0.25) is 0 Å². The molecule has 20 heavy (non-hydrogen) atoms. The molecule has 1 fully saturated rings. The van der Waals surface area contributed by atoms with E-state index in [0.717, 1.165) is 0 Å². The molecular weight excluding hydrogens is 262 g/mol. The summed E-state index contributed by atoms with van der Waals surface area (Å²) >= 11 is 0. The fourth-order valence-corrected chi connectivity index (χ4v) is 2.37. The first kappa shape index (κ1) is 16.8. The number of methoxy groups -OCH3 is 1. The van der Waals surface area contributed by atoms with E-state index in [2.05, 4.69) is 5.32 Å². The fraction of sp³-hybridized carbons (Fsp3) is 0.857. The van der Waals surface area contributed by atoms with Crippen LogP contribution >= 0.6 is 0 Å². The molecule has 6 nitrogen and oxygen atoms in total. The van der Waals surface area contributed by atoms with Gasteiger partial charge in [-0.1, -0.05) is 0 Å². The maximum Gasteiger partial charge on any atom is 0.408 e. The molecule has 0 aromatic carbocycles. The van der Waals surface area contributed by atoms with Gasteiger partial charge in [-0.25, -0.2) is 9.59 Å². The zero-order chi connectivity index (χ0) is 15.3. The predicted molar refractivity (Wildman–Crippen MR) is 73.1 cm³/mol. The van der Waals surface area contributed by atoms with Crippen molar-refractivity contribution in [1.29, 1.82) is 0 Å². The van der Waals surface area contributed by atoms with Crippen molar-refractivity contribution in [2.45, 2.75) is 64.2 Å². The van der Waals surface area contributed by atoms with Crippen LogP contribution in [0, 0.1) is 5.92 Å². The van der Waals surface area contributed by atoms with Crippen LogP contribution in [0.15, 0.2) is 0 Å². The van der Waals surface area contributed by atoms with Crippen molar-refractivity contribution >= 4 is 12.1 Å². The molecule has 0 radical (unpaired) electrons. The maximum absolute atomic E-state index is 11.8. The van der Waals surface area contributed by atoms with E-state index in [4.69, 9.17) is 9.47 Å². The molecular formula is C14H25NO5. The van der Waals surface area contributed by atoms with Crippen molar-refractivity contribution in [1.82, 2.24) is 5.32 Å². The highest BCUT2D eigenvalue weighted by molar-refractivity contribution is 5.81. The lowest BCUT2D eigenvalue weighted by atomic mass is 9.82. The van der Waals surface area contributed by atoms with Gasteiger partial charge >= 0.3 is 12.1 Å². The molecule has 6 heteroatoms. The first-order valence-corrected chi connectivity index (χ1v) is 6.98. The molecule has 1 rings (SSSR count). The van der Waals surface area contributed by atoms with Crippen LogP contribution in [0.3, 0.4) is 0 Å². The predicted octanol–water partition coefficient (Wildman–Crippen LogP) is 1.60. The van der Waals surface area contributed by atoms with Gasteiger partial charge in [0.1, 0.15) is 11.6 Å². The van der Waals surface area contributed by atoms with E-state index >= 15 is 0 Å². The monoisotopic (exact) mass is 287 g/mol. The number of hydrogen-bond donors (Lipinski definition) is 2. The van der Waals surface area contributed by atoms with Gasteiger partial charge in [0, 0.05) is 0 Å². The summed E-state index contributed by atoms with van der Waals surface area (Å²) in [4.78, 5) is 23.6. The molecule has 1 amide bonds. The van der Waals surface area contributed by atoms with Gasteiger partial charge in [0.25, 0.3) is 0 Å². The Hall–Kier alpha value is -1.30. The Labute approximate surface area is 119 Å². The number of carbonyl (C=O) groups is 2. The van der Waals surface area contributed by atoms with E-state index in [1.807, 2.05) is 0 Å².